The molecule has 2 heterocycles. The Balaban J connectivity index is 2.28. The summed E-state index contributed by atoms with van der Waals surface area (Å²) in [5.41, 5.74) is -0.346. The smallest absolute Gasteiger partial charge is 0.320 e. The Morgan fingerprint density at radius 3 is 2.60 bits per heavy atom. The first-order valence-corrected chi connectivity index (χ1v) is 6.59. The average molecular weight is 282 g/mol. The van der Waals surface area contributed by atoms with Gasteiger partial charge in [0.1, 0.15) is 6.20 Å². The number of nitro groups is 1. The van der Waals surface area contributed by atoms with Crippen molar-refractivity contribution in [2.24, 2.45) is 0 Å². The topological polar surface area (TPSA) is 90.5 Å². The van der Waals surface area contributed by atoms with Crippen molar-refractivity contribution < 1.29 is 14.5 Å². The average Bonchev–Trinajstić information content (AvgIpc) is 2.81. The Morgan fingerprint density at radius 2 is 2.10 bits per heavy atom. The van der Waals surface area contributed by atoms with Crippen molar-refractivity contribution >= 4 is 11.6 Å². The van der Waals surface area contributed by atoms with E-state index in [1.807, 2.05) is 20.8 Å². The van der Waals surface area contributed by atoms with Crippen LogP contribution in [-0.4, -0.2) is 50.8 Å². The van der Waals surface area contributed by atoms with Crippen LogP contribution in [0, 0.1) is 10.1 Å². The van der Waals surface area contributed by atoms with Gasteiger partial charge in [-0.25, -0.2) is 0 Å². The summed E-state index contributed by atoms with van der Waals surface area (Å²) in [6.07, 6.45) is 1.12. The van der Waals surface area contributed by atoms with E-state index in [0.717, 1.165) is 0 Å². The third-order valence-corrected chi connectivity index (χ3v) is 3.17. The standard InChI is InChI=1S/C12H18N4O4/c1-4-15-7-10(16(18)19)11(13-15)12(17)14-5-8(2)20-9(3)6-14/h7-9H,4-6H2,1-3H3. The van der Waals surface area contributed by atoms with E-state index in [-0.39, 0.29) is 23.6 Å². The maximum Gasteiger partial charge on any atom is 0.320 e. The number of carbonyl (C=O) groups is 1. The SMILES string of the molecule is CCn1cc([N+](=O)[O-])c(C(=O)N2CC(C)OC(C)C2)n1. The molecule has 20 heavy (non-hydrogen) atoms. The summed E-state index contributed by atoms with van der Waals surface area (Å²) in [6, 6.07) is 0. The molecule has 0 N–H and O–H groups in total. The number of rotatable bonds is 3. The summed E-state index contributed by atoms with van der Waals surface area (Å²) in [7, 11) is 0. The third kappa shape index (κ3) is 2.79. The summed E-state index contributed by atoms with van der Waals surface area (Å²) < 4.78 is 6.95. The van der Waals surface area contributed by atoms with Crippen molar-refractivity contribution in [2.75, 3.05) is 13.1 Å². The van der Waals surface area contributed by atoms with E-state index in [2.05, 4.69) is 5.10 Å². The largest absolute Gasteiger partial charge is 0.372 e. The van der Waals surface area contributed by atoms with Gasteiger partial charge < -0.3 is 9.64 Å². The minimum absolute atomic E-state index is 0.0879. The number of hydrogen-bond acceptors (Lipinski definition) is 5. The highest BCUT2D eigenvalue weighted by molar-refractivity contribution is 5.96. The molecule has 2 atom stereocenters. The first kappa shape index (κ1) is 14.4. The van der Waals surface area contributed by atoms with E-state index >= 15 is 0 Å². The van der Waals surface area contributed by atoms with Gasteiger partial charge in [0.15, 0.2) is 0 Å². The highest BCUT2D eigenvalue weighted by Gasteiger charge is 2.33. The molecule has 0 bridgehead atoms. The Labute approximate surface area is 116 Å². The molecule has 8 heteroatoms. The molecule has 110 valence electrons. The lowest BCUT2D eigenvalue weighted by atomic mass is 10.2. The van der Waals surface area contributed by atoms with Gasteiger partial charge in [0.05, 0.1) is 17.1 Å². The van der Waals surface area contributed by atoms with E-state index in [1.165, 1.54) is 10.9 Å². The zero-order chi connectivity index (χ0) is 14.9. The number of amides is 1. The fourth-order valence-corrected chi connectivity index (χ4v) is 2.35. The predicted molar refractivity (Wildman–Crippen MR) is 70.5 cm³/mol. The van der Waals surface area contributed by atoms with Gasteiger partial charge in [-0.15, -0.1) is 0 Å². The molecule has 2 unspecified atom stereocenters. The molecule has 0 spiro atoms. The number of ether oxygens (including phenoxy) is 1. The molecule has 0 aliphatic carbocycles. The van der Waals surface area contributed by atoms with Crippen LogP contribution < -0.4 is 0 Å². The zero-order valence-corrected chi connectivity index (χ0v) is 11.8. The second-order valence-electron chi connectivity index (χ2n) is 4.94. The second-order valence-corrected chi connectivity index (χ2v) is 4.94. The van der Waals surface area contributed by atoms with Crippen molar-refractivity contribution in [1.29, 1.82) is 0 Å². The number of aromatic nitrogens is 2. The van der Waals surface area contributed by atoms with Crippen molar-refractivity contribution in [3.05, 3.63) is 22.0 Å². The lowest BCUT2D eigenvalue weighted by molar-refractivity contribution is -0.385. The predicted octanol–water partition coefficient (Wildman–Crippen LogP) is 1.06. The first-order valence-electron chi connectivity index (χ1n) is 6.59. The van der Waals surface area contributed by atoms with E-state index in [4.69, 9.17) is 4.74 Å². The molecular weight excluding hydrogens is 264 g/mol. The summed E-state index contributed by atoms with van der Waals surface area (Å²) >= 11 is 0. The number of carbonyl (C=O) groups excluding carboxylic acids is 1. The molecule has 2 rings (SSSR count). The highest BCUT2D eigenvalue weighted by Crippen LogP contribution is 2.21. The van der Waals surface area contributed by atoms with Gasteiger partial charge in [-0.1, -0.05) is 0 Å². The van der Waals surface area contributed by atoms with Crippen LogP contribution in [0.2, 0.25) is 0 Å². The molecule has 1 aromatic heterocycles. The normalized spacial score (nSPS) is 22.9. The lowest BCUT2D eigenvalue weighted by Gasteiger charge is -2.34. The van der Waals surface area contributed by atoms with Crippen molar-refractivity contribution in [3.8, 4) is 0 Å². The number of nitrogens with zero attached hydrogens (tertiary/aromatic N) is 4. The lowest BCUT2D eigenvalue weighted by Crippen LogP contribution is -2.48. The molecular formula is C12H18N4O4. The Morgan fingerprint density at radius 1 is 1.50 bits per heavy atom. The quantitative estimate of drug-likeness (QED) is 0.610. The fourth-order valence-electron chi connectivity index (χ4n) is 2.35. The van der Waals surface area contributed by atoms with Gasteiger partial charge in [0.25, 0.3) is 5.91 Å². The minimum Gasteiger partial charge on any atom is -0.372 e. The minimum atomic E-state index is -0.570. The molecule has 8 nitrogen and oxygen atoms in total. The molecule has 1 aliphatic rings. The van der Waals surface area contributed by atoms with Crippen LogP contribution in [0.25, 0.3) is 0 Å². The van der Waals surface area contributed by atoms with E-state index in [9.17, 15) is 14.9 Å². The monoisotopic (exact) mass is 282 g/mol. The van der Waals surface area contributed by atoms with Crippen LogP contribution in [0.4, 0.5) is 5.69 Å². The molecule has 1 amide bonds. The van der Waals surface area contributed by atoms with Crippen molar-refractivity contribution in [1.82, 2.24) is 14.7 Å². The summed E-state index contributed by atoms with van der Waals surface area (Å²) in [4.78, 5) is 24.5. The number of aryl methyl sites for hydroxylation is 1. The van der Waals surface area contributed by atoms with Gasteiger partial charge in [-0.05, 0) is 20.8 Å². The van der Waals surface area contributed by atoms with Crippen LogP contribution in [-0.2, 0) is 11.3 Å². The zero-order valence-electron chi connectivity index (χ0n) is 11.8. The second kappa shape index (κ2) is 5.58. The van der Waals surface area contributed by atoms with E-state index in [1.54, 1.807) is 4.90 Å². The molecule has 0 radical (unpaired) electrons. The van der Waals surface area contributed by atoms with Crippen molar-refractivity contribution in [2.45, 2.75) is 39.5 Å². The third-order valence-electron chi connectivity index (χ3n) is 3.17. The molecule has 1 aliphatic heterocycles. The molecule has 1 aromatic rings. The van der Waals surface area contributed by atoms with E-state index in [0.29, 0.717) is 19.6 Å². The molecule has 0 aromatic carbocycles. The number of morpholine rings is 1. The van der Waals surface area contributed by atoms with Crippen LogP contribution in [0.3, 0.4) is 0 Å². The Bertz CT molecular complexity index is 518. The van der Waals surface area contributed by atoms with Crippen LogP contribution >= 0.6 is 0 Å². The summed E-state index contributed by atoms with van der Waals surface area (Å²) in [6.45, 7) is 6.86. The maximum absolute atomic E-state index is 12.4. The van der Waals surface area contributed by atoms with Crippen LogP contribution in [0.15, 0.2) is 6.20 Å². The Hall–Kier alpha value is -1.96. The van der Waals surface area contributed by atoms with Crippen LogP contribution in [0.1, 0.15) is 31.3 Å². The molecule has 1 fully saturated rings. The van der Waals surface area contributed by atoms with E-state index < -0.39 is 10.8 Å². The van der Waals surface area contributed by atoms with Gasteiger partial charge >= 0.3 is 5.69 Å². The maximum atomic E-state index is 12.4. The number of hydrogen-bond donors (Lipinski definition) is 0. The molecule has 0 saturated carbocycles. The van der Waals surface area contributed by atoms with Gasteiger partial charge in [-0.3, -0.25) is 19.6 Å². The van der Waals surface area contributed by atoms with Gasteiger partial charge in [0, 0.05) is 19.6 Å². The van der Waals surface area contributed by atoms with Gasteiger partial charge in [-0.2, -0.15) is 5.10 Å². The first-order chi connectivity index (χ1) is 9.42. The van der Waals surface area contributed by atoms with Gasteiger partial charge in [0.2, 0.25) is 5.69 Å². The Kier molecular flexibility index (Phi) is 4.03. The molecule has 1 saturated heterocycles. The van der Waals surface area contributed by atoms with Crippen molar-refractivity contribution in [3.63, 3.8) is 0 Å². The summed E-state index contributed by atoms with van der Waals surface area (Å²) in [5.74, 6) is -0.411. The summed E-state index contributed by atoms with van der Waals surface area (Å²) in [5, 5.41) is 15.0. The highest BCUT2D eigenvalue weighted by atomic mass is 16.6. The van der Waals surface area contributed by atoms with Crippen LogP contribution in [0.5, 0.6) is 0 Å². The fraction of sp³-hybridized carbons (Fsp3) is 0.667.